The maximum absolute atomic E-state index is 12.0. The van der Waals surface area contributed by atoms with Crippen LogP contribution >= 0.6 is 0 Å². The largest absolute Gasteiger partial charge is 0.507 e. The number of nitrogens with zero attached hydrogens (tertiary/aromatic N) is 1. The molecule has 0 fully saturated rings. The number of nitrogens with two attached hydrogens (primary N) is 1. The number of para-hydroxylation sites is 1. The third-order valence-corrected chi connectivity index (χ3v) is 3.16. The van der Waals surface area contributed by atoms with Crippen molar-refractivity contribution in [3.63, 3.8) is 0 Å². The highest BCUT2D eigenvalue weighted by Crippen LogP contribution is 2.30. The van der Waals surface area contributed by atoms with Crippen molar-refractivity contribution < 1.29 is 5.11 Å². The van der Waals surface area contributed by atoms with Gasteiger partial charge in [0.15, 0.2) is 0 Å². The van der Waals surface area contributed by atoms with Gasteiger partial charge in [0, 0.05) is 11.1 Å². The Morgan fingerprint density at radius 3 is 2.38 bits per heavy atom. The Balaban J connectivity index is 2.25. The van der Waals surface area contributed by atoms with Gasteiger partial charge < -0.3 is 15.8 Å². The number of phenols is 1. The number of hydrogen-bond acceptors (Lipinski definition) is 4. The number of aromatic hydroxyl groups is 1. The lowest BCUT2D eigenvalue weighted by atomic mass is 10.1. The van der Waals surface area contributed by atoms with Crippen LogP contribution in [0.25, 0.3) is 22.6 Å². The smallest absolute Gasteiger partial charge is 0.274 e. The van der Waals surface area contributed by atoms with E-state index in [0.717, 1.165) is 5.56 Å². The number of rotatable bonds is 2. The van der Waals surface area contributed by atoms with E-state index in [1.54, 1.807) is 18.2 Å². The quantitative estimate of drug-likeness (QED) is 0.671. The molecule has 1 heterocycles. The molecule has 2 aromatic carbocycles. The van der Waals surface area contributed by atoms with E-state index in [0.29, 0.717) is 11.4 Å². The van der Waals surface area contributed by atoms with Gasteiger partial charge >= 0.3 is 0 Å². The van der Waals surface area contributed by atoms with Gasteiger partial charge in [0.1, 0.15) is 23.0 Å². The number of aromatic nitrogens is 2. The molecule has 21 heavy (non-hydrogen) atoms. The summed E-state index contributed by atoms with van der Waals surface area (Å²) in [7, 11) is 0. The summed E-state index contributed by atoms with van der Waals surface area (Å²) in [5.41, 5.74) is 6.84. The molecular formula is C16H13N3O2. The van der Waals surface area contributed by atoms with Crippen molar-refractivity contribution in [1.29, 1.82) is 0 Å². The molecule has 104 valence electrons. The summed E-state index contributed by atoms with van der Waals surface area (Å²) in [6.07, 6.45) is 0. The van der Waals surface area contributed by atoms with Gasteiger partial charge in [-0.15, -0.1) is 0 Å². The van der Waals surface area contributed by atoms with Gasteiger partial charge in [0.25, 0.3) is 5.56 Å². The molecule has 1 aromatic heterocycles. The second-order valence-electron chi connectivity index (χ2n) is 4.56. The van der Waals surface area contributed by atoms with Crippen LogP contribution in [0.5, 0.6) is 5.75 Å². The molecule has 0 radical (unpaired) electrons. The predicted molar refractivity (Wildman–Crippen MR) is 81.8 cm³/mol. The molecule has 0 saturated carbocycles. The zero-order valence-corrected chi connectivity index (χ0v) is 11.1. The van der Waals surface area contributed by atoms with Gasteiger partial charge in [-0.2, -0.15) is 0 Å². The number of H-pyrrole nitrogens is 1. The van der Waals surface area contributed by atoms with Crippen LogP contribution < -0.4 is 11.3 Å². The molecule has 0 saturated heterocycles. The lowest BCUT2D eigenvalue weighted by Gasteiger charge is -2.09. The molecule has 0 bridgehead atoms. The average Bonchev–Trinajstić information content (AvgIpc) is 2.51. The van der Waals surface area contributed by atoms with Crippen LogP contribution in [0.4, 0.5) is 5.69 Å². The minimum absolute atomic E-state index is 0.0174. The van der Waals surface area contributed by atoms with Crippen molar-refractivity contribution in [2.24, 2.45) is 0 Å². The minimum atomic E-state index is -0.429. The first-order valence-electron chi connectivity index (χ1n) is 6.40. The van der Waals surface area contributed by atoms with E-state index in [1.165, 1.54) is 6.07 Å². The van der Waals surface area contributed by atoms with Crippen molar-refractivity contribution in [3.8, 4) is 28.4 Å². The molecule has 0 aliphatic heterocycles. The lowest BCUT2D eigenvalue weighted by Crippen LogP contribution is -2.16. The number of benzene rings is 2. The maximum Gasteiger partial charge on any atom is 0.274 e. The fourth-order valence-corrected chi connectivity index (χ4v) is 2.09. The zero-order valence-electron chi connectivity index (χ0n) is 11.1. The molecule has 0 aliphatic carbocycles. The van der Waals surface area contributed by atoms with Crippen LogP contribution in [0, 0.1) is 0 Å². The Morgan fingerprint density at radius 1 is 1.00 bits per heavy atom. The first kappa shape index (κ1) is 12.9. The number of anilines is 1. The summed E-state index contributed by atoms with van der Waals surface area (Å²) in [6.45, 7) is 0. The molecule has 0 amide bonds. The normalized spacial score (nSPS) is 10.5. The first-order chi connectivity index (χ1) is 10.2. The molecule has 3 aromatic rings. The molecule has 0 atom stereocenters. The Hall–Kier alpha value is -3.08. The number of aromatic amines is 1. The summed E-state index contributed by atoms with van der Waals surface area (Å²) < 4.78 is 0. The Labute approximate surface area is 120 Å². The first-order valence-corrected chi connectivity index (χ1v) is 6.40. The van der Waals surface area contributed by atoms with E-state index in [9.17, 15) is 9.90 Å². The topological polar surface area (TPSA) is 92.0 Å². The van der Waals surface area contributed by atoms with E-state index in [1.807, 2.05) is 30.3 Å². The van der Waals surface area contributed by atoms with Crippen molar-refractivity contribution >= 4 is 5.69 Å². The van der Waals surface area contributed by atoms with Gasteiger partial charge in [0.2, 0.25) is 0 Å². The van der Waals surface area contributed by atoms with E-state index < -0.39 is 5.56 Å². The number of phenolic OH excluding ortho intramolecular Hbond substituents is 1. The second-order valence-corrected chi connectivity index (χ2v) is 4.56. The van der Waals surface area contributed by atoms with Gasteiger partial charge in [-0.3, -0.25) is 4.79 Å². The summed E-state index contributed by atoms with van der Waals surface area (Å²) in [6, 6.07) is 15.9. The third kappa shape index (κ3) is 2.36. The van der Waals surface area contributed by atoms with Crippen LogP contribution in [0.1, 0.15) is 0 Å². The lowest BCUT2D eigenvalue weighted by molar-refractivity contribution is 0.477. The molecule has 0 spiro atoms. The van der Waals surface area contributed by atoms with Crippen LogP contribution in [-0.2, 0) is 0 Å². The van der Waals surface area contributed by atoms with Crippen molar-refractivity contribution in [1.82, 2.24) is 9.97 Å². The zero-order chi connectivity index (χ0) is 14.8. The monoisotopic (exact) mass is 279 g/mol. The number of nitrogen functional groups attached to an aromatic ring is 1. The minimum Gasteiger partial charge on any atom is -0.507 e. The van der Waals surface area contributed by atoms with Crippen LogP contribution in [-0.4, -0.2) is 15.1 Å². The highest BCUT2D eigenvalue weighted by molar-refractivity contribution is 5.77. The van der Waals surface area contributed by atoms with Gasteiger partial charge in [-0.25, -0.2) is 4.98 Å². The fraction of sp³-hybridized carbons (Fsp3) is 0. The standard InChI is InChI=1S/C16H13N3O2/c17-13-14(11-8-4-5-9-12(11)20)18-15(19-16(13)21)10-6-2-1-3-7-10/h1-9,20H,17H2,(H,18,19,21). The van der Waals surface area contributed by atoms with Gasteiger partial charge in [0.05, 0.1) is 0 Å². The molecular weight excluding hydrogens is 266 g/mol. The molecule has 4 N–H and O–H groups in total. The van der Waals surface area contributed by atoms with Crippen molar-refractivity contribution in [3.05, 3.63) is 65.0 Å². The maximum atomic E-state index is 12.0. The van der Waals surface area contributed by atoms with E-state index >= 15 is 0 Å². The van der Waals surface area contributed by atoms with Crippen LogP contribution in [0.15, 0.2) is 59.4 Å². The summed E-state index contributed by atoms with van der Waals surface area (Å²) in [5, 5.41) is 9.93. The summed E-state index contributed by atoms with van der Waals surface area (Å²) >= 11 is 0. The van der Waals surface area contributed by atoms with Crippen molar-refractivity contribution in [2.75, 3.05) is 5.73 Å². The molecule has 5 heteroatoms. The Morgan fingerprint density at radius 2 is 1.67 bits per heavy atom. The number of hydrogen-bond donors (Lipinski definition) is 3. The predicted octanol–water partition coefficient (Wildman–Crippen LogP) is 2.39. The Kier molecular flexibility index (Phi) is 3.16. The molecule has 0 unspecified atom stereocenters. The SMILES string of the molecule is Nc1c(-c2ccccc2O)nc(-c2ccccc2)[nH]c1=O. The molecule has 5 nitrogen and oxygen atoms in total. The second kappa shape index (κ2) is 5.13. The van der Waals surface area contributed by atoms with E-state index in [4.69, 9.17) is 5.73 Å². The van der Waals surface area contributed by atoms with Gasteiger partial charge in [-0.1, -0.05) is 42.5 Å². The average molecular weight is 279 g/mol. The highest BCUT2D eigenvalue weighted by atomic mass is 16.3. The summed E-state index contributed by atoms with van der Waals surface area (Å²) in [4.78, 5) is 19.1. The summed E-state index contributed by atoms with van der Waals surface area (Å²) in [5.74, 6) is 0.439. The third-order valence-electron chi connectivity index (χ3n) is 3.16. The Bertz CT molecular complexity index is 842. The highest BCUT2D eigenvalue weighted by Gasteiger charge is 2.14. The van der Waals surface area contributed by atoms with E-state index in [-0.39, 0.29) is 17.1 Å². The fourth-order valence-electron chi connectivity index (χ4n) is 2.09. The van der Waals surface area contributed by atoms with Crippen LogP contribution in [0.2, 0.25) is 0 Å². The van der Waals surface area contributed by atoms with Gasteiger partial charge in [-0.05, 0) is 12.1 Å². The number of nitrogens with one attached hydrogen (secondary N) is 1. The molecule has 0 aliphatic rings. The van der Waals surface area contributed by atoms with E-state index in [2.05, 4.69) is 9.97 Å². The molecule has 3 rings (SSSR count). The van der Waals surface area contributed by atoms with Crippen molar-refractivity contribution in [2.45, 2.75) is 0 Å². The van der Waals surface area contributed by atoms with Crippen LogP contribution in [0.3, 0.4) is 0 Å².